The minimum absolute atomic E-state index is 0.481. The molecule has 0 spiro atoms. The molecule has 0 aliphatic heterocycles. The number of carbonyl (C=O) groups is 1. The molecule has 0 bridgehead atoms. The zero-order valence-electron chi connectivity index (χ0n) is 15.8. The molecule has 0 rings (SSSR count). The minimum atomic E-state index is -0.819. The van der Waals surface area contributed by atoms with E-state index in [1.54, 1.807) is 0 Å². The van der Waals surface area contributed by atoms with Gasteiger partial charge in [0, 0.05) is 6.61 Å². The van der Waals surface area contributed by atoms with Crippen LogP contribution >= 0.6 is 0 Å². The SMILES string of the molecule is CCOC(CCCCCCCCCCCCCC(C)C)C(=O)O. The third kappa shape index (κ3) is 16.1. The number of aliphatic carboxylic acids is 1. The molecule has 0 aliphatic carbocycles. The zero-order chi connectivity index (χ0) is 17.3. The first-order valence-corrected chi connectivity index (χ1v) is 9.92. The third-order valence-electron chi connectivity index (χ3n) is 4.39. The highest BCUT2D eigenvalue weighted by atomic mass is 16.5. The monoisotopic (exact) mass is 328 g/mol. The van der Waals surface area contributed by atoms with Crippen LogP contribution in [0.25, 0.3) is 0 Å². The van der Waals surface area contributed by atoms with Gasteiger partial charge in [0.15, 0.2) is 6.10 Å². The van der Waals surface area contributed by atoms with E-state index in [-0.39, 0.29) is 0 Å². The van der Waals surface area contributed by atoms with Crippen molar-refractivity contribution in [2.24, 2.45) is 5.92 Å². The summed E-state index contributed by atoms with van der Waals surface area (Å²) in [5.74, 6) is 0.0366. The number of hydrogen-bond acceptors (Lipinski definition) is 2. The Labute approximate surface area is 144 Å². The summed E-state index contributed by atoms with van der Waals surface area (Å²) in [6, 6.07) is 0. The predicted molar refractivity (Wildman–Crippen MR) is 97.9 cm³/mol. The van der Waals surface area contributed by atoms with Crippen LogP contribution in [-0.2, 0) is 9.53 Å². The Bertz CT molecular complexity index is 264. The van der Waals surface area contributed by atoms with Crippen molar-refractivity contribution in [1.29, 1.82) is 0 Å². The Hall–Kier alpha value is -0.570. The first kappa shape index (κ1) is 22.4. The number of carboxylic acid groups (broad SMARTS) is 1. The molecule has 1 N–H and O–H groups in total. The molecule has 3 heteroatoms. The van der Waals surface area contributed by atoms with Gasteiger partial charge in [0.05, 0.1) is 0 Å². The van der Waals surface area contributed by atoms with Crippen LogP contribution in [0.1, 0.15) is 104 Å². The molecular weight excluding hydrogens is 288 g/mol. The maximum atomic E-state index is 10.9. The molecule has 0 aromatic heterocycles. The summed E-state index contributed by atoms with van der Waals surface area (Å²) in [6.07, 6.45) is 15.7. The predicted octanol–water partition coefficient (Wildman–Crippen LogP) is 6.20. The van der Waals surface area contributed by atoms with E-state index < -0.39 is 12.1 Å². The van der Waals surface area contributed by atoms with Gasteiger partial charge < -0.3 is 9.84 Å². The van der Waals surface area contributed by atoms with Gasteiger partial charge in [0.25, 0.3) is 0 Å². The molecule has 23 heavy (non-hydrogen) atoms. The summed E-state index contributed by atoms with van der Waals surface area (Å²) >= 11 is 0. The average Bonchev–Trinajstić information content (AvgIpc) is 2.50. The van der Waals surface area contributed by atoms with Crippen LogP contribution < -0.4 is 0 Å². The first-order valence-electron chi connectivity index (χ1n) is 9.92. The fourth-order valence-electron chi connectivity index (χ4n) is 2.95. The normalized spacial score (nSPS) is 12.7. The highest BCUT2D eigenvalue weighted by Gasteiger charge is 2.16. The summed E-state index contributed by atoms with van der Waals surface area (Å²) in [5.41, 5.74) is 0. The summed E-state index contributed by atoms with van der Waals surface area (Å²) < 4.78 is 5.22. The lowest BCUT2D eigenvalue weighted by molar-refractivity contribution is -0.150. The fraction of sp³-hybridized carbons (Fsp3) is 0.950. The Morgan fingerprint density at radius 2 is 1.17 bits per heavy atom. The topological polar surface area (TPSA) is 46.5 Å². The molecule has 0 fully saturated rings. The van der Waals surface area contributed by atoms with Gasteiger partial charge in [-0.2, -0.15) is 0 Å². The van der Waals surface area contributed by atoms with Crippen molar-refractivity contribution in [2.45, 2.75) is 110 Å². The minimum Gasteiger partial charge on any atom is -0.479 e. The molecular formula is C20H40O3. The summed E-state index contributed by atoms with van der Waals surface area (Å²) in [4.78, 5) is 10.9. The Kier molecular flexibility index (Phi) is 15.9. The van der Waals surface area contributed by atoms with Crippen LogP contribution in [0, 0.1) is 5.92 Å². The second-order valence-corrected chi connectivity index (χ2v) is 7.14. The average molecular weight is 329 g/mol. The van der Waals surface area contributed by atoms with Crippen molar-refractivity contribution in [3.05, 3.63) is 0 Å². The molecule has 138 valence electrons. The highest BCUT2D eigenvalue weighted by molar-refractivity contribution is 5.72. The third-order valence-corrected chi connectivity index (χ3v) is 4.39. The maximum Gasteiger partial charge on any atom is 0.332 e. The maximum absolute atomic E-state index is 10.9. The van der Waals surface area contributed by atoms with Gasteiger partial charge in [0.2, 0.25) is 0 Å². The van der Waals surface area contributed by atoms with Crippen molar-refractivity contribution in [3.8, 4) is 0 Å². The van der Waals surface area contributed by atoms with E-state index >= 15 is 0 Å². The van der Waals surface area contributed by atoms with Crippen molar-refractivity contribution in [1.82, 2.24) is 0 Å². The summed E-state index contributed by atoms with van der Waals surface area (Å²) in [5, 5.41) is 8.98. The molecule has 3 nitrogen and oxygen atoms in total. The van der Waals surface area contributed by atoms with Gasteiger partial charge in [-0.3, -0.25) is 0 Å². The molecule has 1 atom stereocenters. The van der Waals surface area contributed by atoms with Crippen LogP contribution in [0.5, 0.6) is 0 Å². The van der Waals surface area contributed by atoms with E-state index in [1.165, 1.54) is 64.2 Å². The van der Waals surface area contributed by atoms with E-state index in [0.29, 0.717) is 13.0 Å². The van der Waals surface area contributed by atoms with Crippen molar-refractivity contribution in [2.75, 3.05) is 6.61 Å². The number of carboxylic acids is 1. The second-order valence-electron chi connectivity index (χ2n) is 7.14. The van der Waals surface area contributed by atoms with Crippen LogP contribution in [0.2, 0.25) is 0 Å². The molecule has 1 unspecified atom stereocenters. The largest absolute Gasteiger partial charge is 0.479 e. The number of ether oxygens (including phenoxy) is 1. The molecule has 0 amide bonds. The molecule has 0 aromatic rings. The van der Waals surface area contributed by atoms with Crippen molar-refractivity contribution in [3.63, 3.8) is 0 Å². The van der Waals surface area contributed by atoms with Gasteiger partial charge in [-0.05, 0) is 19.3 Å². The smallest absolute Gasteiger partial charge is 0.332 e. The highest BCUT2D eigenvalue weighted by Crippen LogP contribution is 2.14. The Morgan fingerprint density at radius 1 is 0.783 bits per heavy atom. The standard InChI is InChI=1S/C20H40O3/c1-4-23-19(20(21)22)17-15-13-11-9-7-5-6-8-10-12-14-16-18(2)3/h18-19H,4-17H2,1-3H3,(H,21,22). The second kappa shape index (κ2) is 16.3. The number of rotatable bonds is 17. The van der Waals surface area contributed by atoms with E-state index in [9.17, 15) is 4.79 Å². The van der Waals surface area contributed by atoms with Gasteiger partial charge in [0.1, 0.15) is 0 Å². The molecule has 0 saturated carbocycles. The molecule has 0 aliphatic rings. The van der Waals surface area contributed by atoms with E-state index in [4.69, 9.17) is 9.84 Å². The quantitative estimate of drug-likeness (QED) is 0.323. The Morgan fingerprint density at radius 3 is 1.52 bits per heavy atom. The van der Waals surface area contributed by atoms with Crippen LogP contribution in [0.15, 0.2) is 0 Å². The number of hydrogen-bond donors (Lipinski definition) is 1. The first-order chi connectivity index (χ1) is 11.1. The Balaban J connectivity index is 3.23. The van der Waals surface area contributed by atoms with Gasteiger partial charge in [-0.15, -0.1) is 0 Å². The fourth-order valence-corrected chi connectivity index (χ4v) is 2.95. The summed E-state index contributed by atoms with van der Waals surface area (Å²) in [6.45, 7) is 6.94. The van der Waals surface area contributed by atoms with E-state index in [0.717, 1.165) is 18.8 Å². The lowest BCUT2D eigenvalue weighted by atomic mass is 10.0. The molecule has 0 heterocycles. The zero-order valence-corrected chi connectivity index (χ0v) is 15.8. The van der Waals surface area contributed by atoms with Crippen LogP contribution in [0.3, 0.4) is 0 Å². The van der Waals surface area contributed by atoms with Crippen molar-refractivity contribution < 1.29 is 14.6 Å². The summed E-state index contributed by atoms with van der Waals surface area (Å²) in [7, 11) is 0. The van der Waals surface area contributed by atoms with E-state index in [2.05, 4.69) is 13.8 Å². The molecule has 0 radical (unpaired) electrons. The van der Waals surface area contributed by atoms with Gasteiger partial charge >= 0.3 is 5.97 Å². The van der Waals surface area contributed by atoms with Gasteiger partial charge in [-0.25, -0.2) is 4.79 Å². The van der Waals surface area contributed by atoms with Crippen molar-refractivity contribution >= 4 is 5.97 Å². The lowest BCUT2D eigenvalue weighted by Crippen LogP contribution is -2.23. The van der Waals surface area contributed by atoms with Gasteiger partial charge in [-0.1, -0.05) is 90.9 Å². The van der Waals surface area contributed by atoms with Crippen LogP contribution in [-0.4, -0.2) is 23.8 Å². The molecule has 0 saturated heterocycles. The molecule has 0 aromatic carbocycles. The number of unbranched alkanes of at least 4 members (excludes halogenated alkanes) is 10. The van der Waals surface area contributed by atoms with E-state index in [1.807, 2.05) is 6.92 Å². The van der Waals surface area contributed by atoms with Crippen LogP contribution in [0.4, 0.5) is 0 Å². The lowest BCUT2D eigenvalue weighted by Gasteiger charge is -2.11.